The Labute approximate surface area is 95.2 Å². The van der Waals surface area contributed by atoms with Crippen LogP contribution in [0.4, 0.5) is 5.69 Å². The molecule has 2 rings (SSSR count). The number of carbonyl (C=O) groups excluding carboxylic acids is 1. The van der Waals surface area contributed by atoms with Gasteiger partial charge in [-0.2, -0.15) is 0 Å². The SMILES string of the molecule is O=C(CCl)c1c[nH]c2cc([N+](=O)[O-])ccc12. The summed E-state index contributed by atoms with van der Waals surface area (Å²) < 4.78 is 0. The van der Waals surface area contributed by atoms with Crippen LogP contribution in [-0.2, 0) is 0 Å². The number of nitrogens with zero attached hydrogens (tertiary/aromatic N) is 1. The molecule has 2 aromatic rings. The number of non-ortho nitro benzene ring substituents is 1. The summed E-state index contributed by atoms with van der Waals surface area (Å²) in [4.78, 5) is 24.3. The first kappa shape index (κ1) is 10.6. The van der Waals surface area contributed by atoms with Crippen LogP contribution in [0.15, 0.2) is 24.4 Å². The lowest BCUT2D eigenvalue weighted by atomic mass is 10.1. The van der Waals surface area contributed by atoms with Gasteiger partial charge in [0.05, 0.1) is 16.3 Å². The number of alkyl halides is 1. The second-order valence-electron chi connectivity index (χ2n) is 3.25. The first-order valence-corrected chi connectivity index (χ1v) is 5.01. The summed E-state index contributed by atoms with van der Waals surface area (Å²) in [6.07, 6.45) is 1.51. The van der Waals surface area contributed by atoms with Crippen LogP contribution in [0.5, 0.6) is 0 Å². The molecule has 0 aliphatic carbocycles. The number of nitro benzene ring substituents is 1. The lowest BCUT2D eigenvalue weighted by molar-refractivity contribution is -0.384. The van der Waals surface area contributed by atoms with Crippen LogP contribution < -0.4 is 0 Å². The number of benzene rings is 1. The van der Waals surface area contributed by atoms with Crippen LogP contribution in [0, 0.1) is 10.1 Å². The molecule has 6 heteroatoms. The quantitative estimate of drug-likeness (QED) is 0.386. The molecule has 1 aromatic heterocycles. The van der Waals surface area contributed by atoms with Crippen molar-refractivity contribution < 1.29 is 9.72 Å². The molecular formula is C10H7ClN2O3. The minimum atomic E-state index is -0.483. The highest BCUT2D eigenvalue weighted by atomic mass is 35.5. The normalized spacial score (nSPS) is 10.6. The first-order valence-electron chi connectivity index (χ1n) is 4.48. The summed E-state index contributed by atoms with van der Waals surface area (Å²) in [5.41, 5.74) is 1.00. The van der Waals surface area contributed by atoms with Crippen molar-refractivity contribution in [2.75, 3.05) is 5.88 Å². The summed E-state index contributed by atoms with van der Waals surface area (Å²) in [6, 6.07) is 4.30. The van der Waals surface area contributed by atoms with Crippen molar-refractivity contribution in [3.63, 3.8) is 0 Å². The van der Waals surface area contributed by atoms with Gasteiger partial charge in [-0.1, -0.05) is 0 Å². The Morgan fingerprint density at radius 1 is 1.50 bits per heavy atom. The van der Waals surface area contributed by atoms with Crippen molar-refractivity contribution >= 4 is 34.0 Å². The third kappa shape index (κ3) is 1.65. The number of aromatic nitrogens is 1. The average Bonchev–Trinajstić information content (AvgIpc) is 2.70. The lowest BCUT2D eigenvalue weighted by Gasteiger charge is -1.94. The maximum absolute atomic E-state index is 11.4. The zero-order chi connectivity index (χ0) is 11.7. The van der Waals surface area contributed by atoms with Gasteiger partial charge in [0.2, 0.25) is 0 Å². The number of fused-ring (bicyclic) bond motifs is 1. The van der Waals surface area contributed by atoms with Gasteiger partial charge in [0.25, 0.3) is 5.69 Å². The van der Waals surface area contributed by atoms with E-state index in [-0.39, 0.29) is 17.4 Å². The number of carbonyl (C=O) groups is 1. The van der Waals surface area contributed by atoms with Crippen LogP contribution in [0.25, 0.3) is 10.9 Å². The minimum Gasteiger partial charge on any atom is -0.360 e. The van der Waals surface area contributed by atoms with E-state index in [2.05, 4.69) is 4.98 Å². The van der Waals surface area contributed by atoms with Crippen LogP contribution in [0.2, 0.25) is 0 Å². The molecule has 0 fully saturated rings. The average molecular weight is 239 g/mol. The Balaban J connectivity index is 2.59. The van der Waals surface area contributed by atoms with Crippen molar-refractivity contribution in [2.24, 2.45) is 0 Å². The number of H-pyrrole nitrogens is 1. The molecule has 1 aromatic carbocycles. The van der Waals surface area contributed by atoms with Gasteiger partial charge in [0.15, 0.2) is 5.78 Å². The third-order valence-corrected chi connectivity index (χ3v) is 2.54. The second-order valence-corrected chi connectivity index (χ2v) is 3.51. The first-order chi connectivity index (χ1) is 7.63. The highest BCUT2D eigenvalue weighted by molar-refractivity contribution is 6.32. The van der Waals surface area contributed by atoms with Crippen LogP contribution in [0.3, 0.4) is 0 Å². The van der Waals surface area contributed by atoms with E-state index in [9.17, 15) is 14.9 Å². The smallest absolute Gasteiger partial charge is 0.271 e. The van der Waals surface area contributed by atoms with Crippen molar-refractivity contribution in [1.29, 1.82) is 0 Å². The third-order valence-electron chi connectivity index (χ3n) is 2.30. The van der Waals surface area contributed by atoms with E-state index in [1.165, 1.54) is 18.3 Å². The summed E-state index contributed by atoms with van der Waals surface area (Å²) in [5, 5.41) is 11.2. The van der Waals surface area contributed by atoms with Crippen LogP contribution in [-0.4, -0.2) is 21.6 Å². The Morgan fingerprint density at radius 2 is 2.25 bits per heavy atom. The molecular weight excluding hydrogens is 232 g/mol. The van der Waals surface area contributed by atoms with Crippen molar-refractivity contribution in [3.05, 3.63) is 40.1 Å². The fraction of sp³-hybridized carbons (Fsp3) is 0.100. The topological polar surface area (TPSA) is 76.0 Å². The number of halogens is 1. The fourth-order valence-electron chi connectivity index (χ4n) is 1.53. The molecule has 16 heavy (non-hydrogen) atoms. The number of rotatable bonds is 3. The Kier molecular flexibility index (Phi) is 2.62. The summed E-state index contributed by atoms with van der Waals surface area (Å²) in [7, 11) is 0. The number of hydrogen-bond donors (Lipinski definition) is 1. The predicted molar refractivity (Wildman–Crippen MR) is 60.0 cm³/mol. The number of nitro groups is 1. The monoisotopic (exact) mass is 238 g/mol. The molecule has 0 aliphatic heterocycles. The molecule has 0 amide bonds. The van der Waals surface area contributed by atoms with Gasteiger partial charge >= 0.3 is 0 Å². The maximum atomic E-state index is 11.4. The number of nitrogens with one attached hydrogen (secondary N) is 1. The van der Waals surface area contributed by atoms with E-state index in [0.717, 1.165) is 0 Å². The lowest BCUT2D eigenvalue weighted by Crippen LogP contribution is -1.98. The molecule has 1 N–H and O–H groups in total. The molecule has 0 bridgehead atoms. The molecule has 1 heterocycles. The molecule has 0 saturated carbocycles. The zero-order valence-corrected chi connectivity index (χ0v) is 8.82. The number of Topliss-reactive ketones (excluding diaryl/α,β-unsaturated/α-hetero) is 1. The van der Waals surface area contributed by atoms with E-state index in [0.29, 0.717) is 16.5 Å². The summed E-state index contributed by atoms with van der Waals surface area (Å²) >= 11 is 5.45. The van der Waals surface area contributed by atoms with E-state index in [4.69, 9.17) is 11.6 Å². The van der Waals surface area contributed by atoms with Gasteiger partial charge in [-0.25, -0.2) is 0 Å². The molecule has 5 nitrogen and oxygen atoms in total. The highest BCUT2D eigenvalue weighted by Gasteiger charge is 2.13. The Hall–Kier alpha value is -1.88. The number of ketones is 1. The van der Waals surface area contributed by atoms with Gasteiger partial charge in [0.1, 0.15) is 0 Å². The molecule has 0 unspecified atom stereocenters. The fourth-order valence-corrected chi connectivity index (χ4v) is 1.67. The zero-order valence-electron chi connectivity index (χ0n) is 8.07. The molecule has 0 radical (unpaired) electrons. The van der Waals surface area contributed by atoms with E-state index < -0.39 is 4.92 Å². The Morgan fingerprint density at radius 3 is 2.88 bits per heavy atom. The Bertz CT molecular complexity index is 576. The number of hydrogen-bond acceptors (Lipinski definition) is 3. The highest BCUT2D eigenvalue weighted by Crippen LogP contribution is 2.23. The van der Waals surface area contributed by atoms with Gasteiger partial charge in [-0.05, 0) is 6.07 Å². The van der Waals surface area contributed by atoms with Crippen molar-refractivity contribution in [2.45, 2.75) is 0 Å². The molecule has 0 saturated heterocycles. The van der Waals surface area contributed by atoms with Crippen molar-refractivity contribution in [3.8, 4) is 0 Å². The molecule has 0 aliphatic rings. The van der Waals surface area contributed by atoms with E-state index in [1.807, 2.05) is 0 Å². The molecule has 82 valence electrons. The summed E-state index contributed by atoms with van der Waals surface area (Å²) in [5.74, 6) is -0.314. The summed E-state index contributed by atoms with van der Waals surface area (Å²) in [6.45, 7) is 0. The van der Waals surface area contributed by atoms with E-state index in [1.54, 1.807) is 6.07 Å². The standard InChI is InChI=1S/C10H7ClN2O3/c11-4-10(14)8-5-12-9-3-6(13(15)16)1-2-7(8)9/h1-3,5,12H,4H2. The van der Waals surface area contributed by atoms with Crippen molar-refractivity contribution in [1.82, 2.24) is 4.98 Å². The molecule has 0 atom stereocenters. The minimum absolute atomic E-state index is 0.0146. The van der Waals surface area contributed by atoms with Crippen LogP contribution in [0.1, 0.15) is 10.4 Å². The number of aromatic amines is 1. The van der Waals surface area contributed by atoms with Crippen LogP contribution >= 0.6 is 11.6 Å². The second kappa shape index (κ2) is 3.94. The largest absolute Gasteiger partial charge is 0.360 e. The van der Waals surface area contributed by atoms with Gasteiger partial charge in [-0.15, -0.1) is 11.6 Å². The maximum Gasteiger partial charge on any atom is 0.271 e. The predicted octanol–water partition coefficient (Wildman–Crippen LogP) is 2.50. The van der Waals surface area contributed by atoms with Gasteiger partial charge in [-0.3, -0.25) is 14.9 Å². The van der Waals surface area contributed by atoms with Gasteiger partial charge < -0.3 is 4.98 Å². The van der Waals surface area contributed by atoms with Gasteiger partial charge in [0, 0.05) is 29.3 Å². The molecule has 0 spiro atoms. The van der Waals surface area contributed by atoms with E-state index >= 15 is 0 Å².